The van der Waals surface area contributed by atoms with Crippen molar-refractivity contribution >= 4 is 23.6 Å². The lowest BCUT2D eigenvalue weighted by molar-refractivity contribution is -0.141. The number of carbonyl (C=O) groups excluding carboxylic acids is 3. The topological polar surface area (TPSA) is 108 Å². The number of rotatable bonds is 10. The van der Waals surface area contributed by atoms with E-state index in [1.165, 1.54) is 17.0 Å². The van der Waals surface area contributed by atoms with Crippen LogP contribution < -0.4 is 10.6 Å². The van der Waals surface area contributed by atoms with Gasteiger partial charge >= 0.3 is 6.09 Å². The second kappa shape index (κ2) is 13.1. The molecule has 0 radical (unpaired) electrons. The molecule has 0 aliphatic heterocycles. The number of phenols is 1. The fourth-order valence-electron chi connectivity index (χ4n) is 3.99. The zero-order valence-electron chi connectivity index (χ0n) is 23.0. The van der Waals surface area contributed by atoms with Gasteiger partial charge in [0, 0.05) is 12.2 Å². The summed E-state index contributed by atoms with van der Waals surface area (Å²) in [5, 5.41) is 15.5. The number of alkyl carbamates (subject to hydrolysis) is 1. The summed E-state index contributed by atoms with van der Waals surface area (Å²) >= 11 is 0. The molecular formula is C29H41N3O5. The molecule has 0 aromatic heterocycles. The van der Waals surface area contributed by atoms with E-state index in [9.17, 15) is 19.5 Å². The number of hydrogen-bond acceptors (Lipinski definition) is 5. The zero-order chi connectivity index (χ0) is 27.8. The molecule has 8 heteroatoms. The van der Waals surface area contributed by atoms with Crippen LogP contribution in [0.2, 0.25) is 0 Å². The molecule has 2 rings (SSSR count). The third kappa shape index (κ3) is 9.12. The average molecular weight is 512 g/mol. The van der Waals surface area contributed by atoms with Gasteiger partial charge in [0.25, 0.3) is 5.91 Å². The number of amides is 3. The van der Waals surface area contributed by atoms with Gasteiger partial charge < -0.3 is 25.4 Å². The Balaban J connectivity index is 2.49. The highest BCUT2D eigenvalue weighted by molar-refractivity contribution is 5.99. The second-order valence-corrected chi connectivity index (χ2v) is 10.7. The fourth-order valence-corrected chi connectivity index (χ4v) is 3.99. The first-order valence-corrected chi connectivity index (χ1v) is 12.8. The molecule has 3 N–H and O–H groups in total. The smallest absolute Gasteiger partial charge is 0.408 e. The van der Waals surface area contributed by atoms with E-state index in [1.807, 2.05) is 45.9 Å². The van der Waals surface area contributed by atoms with E-state index in [1.54, 1.807) is 39.0 Å². The summed E-state index contributed by atoms with van der Waals surface area (Å²) in [5.74, 6) is -0.610. The number of carbonyl (C=O) groups is 3. The van der Waals surface area contributed by atoms with Gasteiger partial charge in [0.1, 0.15) is 23.4 Å². The Morgan fingerprint density at radius 2 is 1.65 bits per heavy atom. The maximum absolute atomic E-state index is 14.0. The van der Waals surface area contributed by atoms with Gasteiger partial charge in [0.2, 0.25) is 5.91 Å². The van der Waals surface area contributed by atoms with Crippen molar-refractivity contribution in [2.45, 2.75) is 79.0 Å². The Bertz CT molecular complexity index is 1060. The molecule has 2 aromatic rings. The van der Waals surface area contributed by atoms with Crippen LogP contribution in [0, 0.1) is 12.8 Å². The van der Waals surface area contributed by atoms with Gasteiger partial charge in [0.05, 0.1) is 0 Å². The molecule has 0 saturated carbocycles. The van der Waals surface area contributed by atoms with Crippen molar-refractivity contribution in [2.24, 2.45) is 5.92 Å². The molecule has 0 aliphatic carbocycles. The minimum atomic E-state index is -0.984. The molecule has 2 atom stereocenters. The Hall–Kier alpha value is -3.55. The molecule has 37 heavy (non-hydrogen) atoms. The third-order valence-corrected chi connectivity index (χ3v) is 5.62. The van der Waals surface area contributed by atoms with Crippen LogP contribution >= 0.6 is 0 Å². The normalized spacial score (nSPS) is 13.0. The van der Waals surface area contributed by atoms with Crippen molar-refractivity contribution < 1.29 is 24.2 Å². The van der Waals surface area contributed by atoms with Crippen molar-refractivity contribution in [1.29, 1.82) is 0 Å². The fraction of sp³-hybridized carbons (Fsp3) is 0.483. The van der Waals surface area contributed by atoms with Crippen LogP contribution in [0.15, 0.2) is 48.5 Å². The van der Waals surface area contributed by atoms with Gasteiger partial charge in [-0.2, -0.15) is 0 Å². The van der Waals surface area contributed by atoms with Gasteiger partial charge in [-0.25, -0.2) is 4.79 Å². The monoisotopic (exact) mass is 511 g/mol. The van der Waals surface area contributed by atoms with E-state index in [0.29, 0.717) is 24.1 Å². The summed E-state index contributed by atoms with van der Waals surface area (Å²) in [6.07, 6.45) is 0.284. The Labute approximate surface area is 220 Å². The van der Waals surface area contributed by atoms with Crippen molar-refractivity contribution in [2.75, 3.05) is 11.9 Å². The van der Waals surface area contributed by atoms with Crippen LogP contribution in [0.4, 0.5) is 10.5 Å². The highest BCUT2D eigenvalue weighted by Crippen LogP contribution is 2.27. The number of ether oxygens (including phenoxy) is 1. The molecule has 0 heterocycles. The number of aryl methyl sites for hydroxylation is 1. The van der Waals surface area contributed by atoms with Crippen LogP contribution in [0.5, 0.6) is 5.75 Å². The largest absolute Gasteiger partial charge is 0.508 e. The van der Waals surface area contributed by atoms with Gasteiger partial charge in [0.15, 0.2) is 0 Å². The minimum Gasteiger partial charge on any atom is -0.508 e. The average Bonchev–Trinajstić information content (AvgIpc) is 2.79. The SMILES string of the molecule is CCCN(C(=O)C(CC(C)C)NC(=O)OC(C)(C)C)C(C(=O)Nc1ccccc1C)c1ccc(O)cc1. The summed E-state index contributed by atoms with van der Waals surface area (Å²) in [7, 11) is 0. The van der Waals surface area contributed by atoms with E-state index < -0.39 is 23.8 Å². The highest BCUT2D eigenvalue weighted by atomic mass is 16.6. The predicted octanol–water partition coefficient (Wildman–Crippen LogP) is 5.56. The first kappa shape index (κ1) is 29.7. The van der Waals surface area contributed by atoms with Crippen molar-refractivity contribution in [1.82, 2.24) is 10.2 Å². The Kier molecular flexibility index (Phi) is 10.5. The molecule has 0 fully saturated rings. The summed E-state index contributed by atoms with van der Waals surface area (Å²) in [6, 6.07) is 11.8. The summed E-state index contributed by atoms with van der Waals surface area (Å²) in [6.45, 7) is 13.3. The lowest BCUT2D eigenvalue weighted by Gasteiger charge is -2.35. The number of para-hydroxylation sites is 1. The number of nitrogens with zero attached hydrogens (tertiary/aromatic N) is 1. The number of nitrogens with one attached hydrogen (secondary N) is 2. The lowest BCUT2D eigenvalue weighted by Crippen LogP contribution is -2.53. The summed E-state index contributed by atoms with van der Waals surface area (Å²) in [5.41, 5.74) is 1.36. The minimum absolute atomic E-state index is 0.0551. The first-order chi connectivity index (χ1) is 17.3. The van der Waals surface area contributed by atoms with E-state index in [2.05, 4.69) is 10.6 Å². The summed E-state index contributed by atoms with van der Waals surface area (Å²) in [4.78, 5) is 41.9. The number of anilines is 1. The van der Waals surface area contributed by atoms with E-state index in [4.69, 9.17) is 4.74 Å². The number of aromatic hydroxyl groups is 1. The molecule has 2 unspecified atom stereocenters. The van der Waals surface area contributed by atoms with Gasteiger partial charge in [-0.1, -0.05) is 51.1 Å². The highest BCUT2D eigenvalue weighted by Gasteiger charge is 2.36. The van der Waals surface area contributed by atoms with Crippen LogP contribution in [-0.4, -0.2) is 46.1 Å². The van der Waals surface area contributed by atoms with E-state index in [-0.39, 0.29) is 30.0 Å². The standard InChI is InChI=1S/C29H41N3O5/c1-8-17-32(27(35)24(18-19(2)3)31-28(36)37-29(5,6)7)25(21-13-15-22(33)16-14-21)26(34)30-23-12-10-9-11-20(23)4/h9-16,19,24-25,33H,8,17-18H2,1-7H3,(H,30,34)(H,31,36). The zero-order valence-corrected chi connectivity index (χ0v) is 23.0. The predicted molar refractivity (Wildman–Crippen MR) is 145 cm³/mol. The van der Waals surface area contributed by atoms with Crippen LogP contribution in [0.1, 0.15) is 71.6 Å². The maximum Gasteiger partial charge on any atom is 0.408 e. The van der Waals surface area contributed by atoms with E-state index >= 15 is 0 Å². The van der Waals surface area contributed by atoms with Gasteiger partial charge in [-0.3, -0.25) is 9.59 Å². The molecule has 2 aromatic carbocycles. The molecule has 0 saturated heterocycles. The second-order valence-electron chi connectivity index (χ2n) is 10.7. The van der Waals surface area contributed by atoms with Gasteiger partial charge in [-0.05, 0) is 75.8 Å². The van der Waals surface area contributed by atoms with E-state index in [0.717, 1.165) is 5.56 Å². The quantitative estimate of drug-likeness (QED) is 0.387. The number of benzene rings is 2. The van der Waals surface area contributed by atoms with Gasteiger partial charge in [-0.15, -0.1) is 0 Å². The van der Waals surface area contributed by atoms with Crippen LogP contribution in [-0.2, 0) is 14.3 Å². The molecular weight excluding hydrogens is 470 g/mol. The maximum atomic E-state index is 14.0. The molecule has 0 bridgehead atoms. The summed E-state index contributed by atoms with van der Waals surface area (Å²) < 4.78 is 5.41. The number of hydrogen-bond donors (Lipinski definition) is 3. The lowest BCUT2D eigenvalue weighted by atomic mass is 9.98. The Morgan fingerprint density at radius 3 is 2.19 bits per heavy atom. The molecule has 8 nitrogen and oxygen atoms in total. The molecule has 202 valence electrons. The van der Waals surface area contributed by atoms with Crippen molar-refractivity contribution in [3.63, 3.8) is 0 Å². The third-order valence-electron chi connectivity index (χ3n) is 5.62. The molecule has 0 spiro atoms. The Morgan fingerprint density at radius 1 is 1.03 bits per heavy atom. The number of phenolic OH excluding ortho intramolecular Hbond substituents is 1. The first-order valence-electron chi connectivity index (χ1n) is 12.8. The molecule has 0 aliphatic rings. The molecule has 3 amide bonds. The van der Waals surface area contributed by atoms with Crippen LogP contribution in [0.25, 0.3) is 0 Å². The van der Waals surface area contributed by atoms with Crippen molar-refractivity contribution in [3.8, 4) is 5.75 Å². The van der Waals surface area contributed by atoms with Crippen LogP contribution in [0.3, 0.4) is 0 Å². The van der Waals surface area contributed by atoms with Crippen molar-refractivity contribution in [3.05, 3.63) is 59.7 Å².